The van der Waals surface area contributed by atoms with Crippen molar-refractivity contribution in [1.82, 2.24) is 24.6 Å². The third-order valence-electron chi connectivity index (χ3n) is 4.09. The topological polar surface area (TPSA) is 91.0 Å². The van der Waals surface area contributed by atoms with Crippen LogP contribution in [-0.4, -0.2) is 32.3 Å². The zero-order chi connectivity index (χ0) is 18.8. The van der Waals surface area contributed by atoms with E-state index in [1.807, 2.05) is 0 Å². The Hall–Kier alpha value is -3.23. The number of nitrogens with one attached hydrogen (secondary N) is 1. The molecule has 2 aromatic heterocycles. The van der Waals surface area contributed by atoms with E-state index in [1.54, 1.807) is 20.0 Å². The molecule has 0 spiro atoms. The van der Waals surface area contributed by atoms with E-state index in [0.717, 1.165) is 0 Å². The summed E-state index contributed by atoms with van der Waals surface area (Å²) in [4.78, 5) is 28.8. The van der Waals surface area contributed by atoms with Gasteiger partial charge in [-0.1, -0.05) is 6.07 Å². The van der Waals surface area contributed by atoms with Crippen molar-refractivity contribution < 1.29 is 13.9 Å². The zero-order valence-electron chi connectivity index (χ0n) is 14.6. The first-order valence-electron chi connectivity index (χ1n) is 7.90. The molecule has 3 aromatic rings. The molecule has 2 heterocycles. The summed E-state index contributed by atoms with van der Waals surface area (Å²) in [7, 11) is 3.07. The van der Waals surface area contributed by atoms with E-state index in [-0.39, 0.29) is 23.8 Å². The van der Waals surface area contributed by atoms with Crippen molar-refractivity contribution in [3.05, 3.63) is 52.5 Å². The van der Waals surface area contributed by atoms with Gasteiger partial charge in [-0.3, -0.25) is 18.8 Å². The molecule has 0 unspecified atom stereocenters. The summed E-state index contributed by atoms with van der Waals surface area (Å²) < 4.78 is 21.4. The number of fused-ring (bicyclic) bond motifs is 1. The van der Waals surface area contributed by atoms with Crippen LogP contribution in [0.4, 0.5) is 4.39 Å². The summed E-state index contributed by atoms with van der Waals surface area (Å²) >= 11 is 0. The van der Waals surface area contributed by atoms with Gasteiger partial charge < -0.3 is 10.1 Å². The van der Waals surface area contributed by atoms with Crippen LogP contribution in [0.15, 0.2) is 35.5 Å². The Morgan fingerprint density at radius 3 is 2.88 bits per heavy atom. The summed E-state index contributed by atoms with van der Waals surface area (Å²) in [5, 5.41) is 7.06. The minimum Gasteiger partial charge on any atom is -0.494 e. The number of aromatic nitrogens is 4. The Morgan fingerprint density at radius 2 is 2.19 bits per heavy atom. The molecule has 1 atom stereocenters. The van der Waals surface area contributed by atoms with E-state index >= 15 is 0 Å². The molecule has 1 aromatic carbocycles. The molecule has 0 bridgehead atoms. The van der Waals surface area contributed by atoms with Crippen molar-refractivity contribution >= 4 is 16.9 Å². The van der Waals surface area contributed by atoms with Crippen LogP contribution in [0.25, 0.3) is 11.0 Å². The maximum absolute atomic E-state index is 13.8. The summed E-state index contributed by atoms with van der Waals surface area (Å²) in [5.41, 5.74) is 0.694. The number of rotatable bonds is 5. The van der Waals surface area contributed by atoms with Crippen LogP contribution in [0.1, 0.15) is 18.5 Å². The van der Waals surface area contributed by atoms with E-state index < -0.39 is 11.9 Å². The lowest BCUT2D eigenvalue weighted by molar-refractivity contribution is -0.122. The van der Waals surface area contributed by atoms with Crippen molar-refractivity contribution in [2.24, 2.45) is 7.05 Å². The number of benzene rings is 1. The first kappa shape index (κ1) is 17.6. The van der Waals surface area contributed by atoms with E-state index in [4.69, 9.17) is 4.74 Å². The molecule has 0 saturated heterocycles. The first-order chi connectivity index (χ1) is 12.4. The molecule has 0 fully saturated rings. The third kappa shape index (κ3) is 3.28. The summed E-state index contributed by atoms with van der Waals surface area (Å²) in [6.07, 6.45) is 2.73. The van der Waals surface area contributed by atoms with Gasteiger partial charge in [0.2, 0.25) is 5.91 Å². The lowest BCUT2D eigenvalue weighted by Gasteiger charge is -2.15. The van der Waals surface area contributed by atoms with Gasteiger partial charge in [0.1, 0.15) is 18.3 Å². The van der Waals surface area contributed by atoms with Crippen LogP contribution >= 0.6 is 0 Å². The molecule has 136 valence electrons. The number of halogens is 1. The molecule has 0 aliphatic rings. The van der Waals surface area contributed by atoms with Gasteiger partial charge in [-0.25, -0.2) is 9.37 Å². The molecule has 0 saturated carbocycles. The number of aryl methyl sites for hydroxylation is 1. The molecule has 1 amide bonds. The molecular formula is C17H18FN5O3. The molecule has 0 aliphatic heterocycles. The molecule has 1 N–H and O–H groups in total. The predicted octanol–water partition coefficient (Wildman–Crippen LogP) is 1.16. The highest BCUT2D eigenvalue weighted by atomic mass is 19.1. The van der Waals surface area contributed by atoms with Gasteiger partial charge in [-0.05, 0) is 24.6 Å². The summed E-state index contributed by atoms with van der Waals surface area (Å²) in [6, 6.07) is 4.04. The average molecular weight is 359 g/mol. The second kappa shape index (κ2) is 6.95. The lowest BCUT2D eigenvalue weighted by atomic mass is 10.1. The highest BCUT2D eigenvalue weighted by Gasteiger charge is 2.14. The lowest BCUT2D eigenvalue weighted by Crippen LogP contribution is -2.34. The second-order valence-corrected chi connectivity index (χ2v) is 5.87. The van der Waals surface area contributed by atoms with E-state index in [1.165, 1.54) is 41.0 Å². The van der Waals surface area contributed by atoms with Crippen LogP contribution in [0.5, 0.6) is 5.75 Å². The van der Waals surface area contributed by atoms with Crippen LogP contribution in [0, 0.1) is 5.82 Å². The second-order valence-electron chi connectivity index (χ2n) is 5.87. The van der Waals surface area contributed by atoms with Crippen molar-refractivity contribution in [3.8, 4) is 5.75 Å². The van der Waals surface area contributed by atoms with Crippen molar-refractivity contribution in [2.45, 2.75) is 19.5 Å². The number of methoxy groups -OCH3 is 1. The summed E-state index contributed by atoms with van der Waals surface area (Å²) in [6.45, 7) is 1.53. The number of hydrogen-bond acceptors (Lipinski definition) is 5. The minimum absolute atomic E-state index is 0.134. The predicted molar refractivity (Wildman–Crippen MR) is 92.3 cm³/mol. The Labute approximate surface area is 148 Å². The van der Waals surface area contributed by atoms with E-state index in [9.17, 15) is 14.0 Å². The van der Waals surface area contributed by atoms with Gasteiger partial charge in [0.15, 0.2) is 17.2 Å². The van der Waals surface area contributed by atoms with Gasteiger partial charge in [0.25, 0.3) is 5.56 Å². The number of hydrogen-bond donors (Lipinski definition) is 1. The standard InChI is InChI=1S/C17H18FN5O3/c1-10(11-4-5-14(26-3)13(18)6-11)21-15(24)8-23-9-19-16-12(17(23)25)7-20-22(16)2/h4-7,9-10H,8H2,1-3H3,(H,21,24)/t10-/m0/s1. The molecule has 0 aliphatic carbocycles. The van der Waals surface area contributed by atoms with Crippen LogP contribution < -0.4 is 15.6 Å². The third-order valence-corrected chi connectivity index (χ3v) is 4.09. The summed E-state index contributed by atoms with van der Waals surface area (Å²) in [5.74, 6) is -0.760. The smallest absolute Gasteiger partial charge is 0.264 e. The quantitative estimate of drug-likeness (QED) is 0.738. The largest absolute Gasteiger partial charge is 0.494 e. The number of ether oxygens (including phenoxy) is 1. The maximum Gasteiger partial charge on any atom is 0.264 e. The van der Waals surface area contributed by atoms with Gasteiger partial charge in [-0.2, -0.15) is 5.10 Å². The van der Waals surface area contributed by atoms with Crippen molar-refractivity contribution in [3.63, 3.8) is 0 Å². The minimum atomic E-state index is -0.506. The Kier molecular flexibility index (Phi) is 4.70. The van der Waals surface area contributed by atoms with Gasteiger partial charge in [-0.15, -0.1) is 0 Å². The van der Waals surface area contributed by atoms with Gasteiger partial charge in [0.05, 0.1) is 19.3 Å². The highest BCUT2D eigenvalue weighted by molar-refractivity contribution is 5.77. The Bertz CT molecular complexity index is 1030. The SMILES string of the molecule is COc1ccc([C@H](C)NC(=O)Cn2cnc3c(cnn3C)c2=O)cc1F. The number of nitrogens with zero attached hydrogens (tertiary/aromatic N) is 4. The van der Waals surface area contributed by atoms with E-state index in [2.05, 4.69) is 15.4 Å². The van der Waals surface area contributed by atoms with Gasteiger partial charge in [0, 0.05) is 7.05 Å². The Morgan fingerprint density at radius 1 is 1.42 bits per heavy atom. The highest BCUT2D eigenvalue weighted by Crippen LogP contribution is 2.21. The molecule has 3 rings (SSSR count). The number of carbonyl (C=O) groups excluding carboxylic acids is 1. The van der Waals surface area contributed by atoms with Crippen LogP contribution in [0.2, 0.25) is 0 Å². The fourth-order valence-corrected chi connectivity index (χ4v) is 2.66. The Balaban J connectivity index is 1.73. The molecular weight excluding hydrogens is 341 g/mol. The molecule has 26 heavy (non-hydrogen) atoms. The van der Waals surface area contributed by atoms with E-state index in [0.29, 0.717) is 16.6 Å². The zero-order valence-corrected chi connectivity index (χ0v) is 14.6. The number of amides is 1. The number of carbonyl (C=O) groups is 1. The first-order valence-corrected chi connectivity index (χ1v) is 7.90. The van der Waals surface area contributed by atoms with Gasteiger partial charge >= 0.3 is 0 Å². The van der Waals surface area contributed by atoms with Crippen LogP contribution in [0.3, 0.4) is 0 Å². The maximum atomic E-state index is 13.8. The van der Waals surface area contributed by atoms with Crippen molar-refractivity contribution in [1.29, 1.82) is 0 Å². The molecule has 8 nitrogen and oxygen atoms in total. The van der Waals surface area contributed by atoms with Crippen LogP contribution in [-0.2, 0) is 18.4 Å². The fourth-order valence-electron chi connectivity index (χ4n) is 2.66. The monoisotopic (exact) mass is 359 g/mol. The average Bonchev–Trinajstić information content (AvgIpc) is 2.99. The normalized spacial score (nSPS) is 12.2. The fraction of sp³-hybridized carbons (Fsp3) is 0.294. The molecule has 0 radical (unpaired) electrons. The van der Waals surface area contributed by atoms with Crippen molar-refractivity contribution in [2.75, 3.05) is 7.11 Å². The molecule has 9 heteroatoms.